The van der Waals surface area contributed by atoms with Crippen molar-refractivity contribution in [2.45, 2.75) is 32.2 Å². The van der Waals surface area contributed by atoms with Crippen LogP contribution >= 0.6 is 12.4 Å². The van der Waals surface area contributed by atoms with Crippen LogP contribution in [0.25, 0.3) is 0 Å². The number of nitrogen functional groups attached to an aromatic ring is 1. The van der Waals surface area contributed by atoms with Gasteiger partial charge in [0.15, 0.2) is 0 Å². The number of nitrogens with two attached hydrogens (primary N) is 1. The zero-order valence-electron chi connectivity index (χ0n) is 14.8. The first kappa shape index (κ1) is 20.5. The Balaban J connectivity index is 0.00000261. The van der Waals surface area contributed by atoms with Crippen LogP contribution in [0.4, 0.5) is 11.4 Å². The molecule has 0 aliphatic carbocycles. The van der Waals surface area contributed by atoms with E-state index >= 15 is 0 Å². The number of nitrogens with one attached hydrogen (secondary N) is 1. The fraction of sp³-hybridized carbons (Fsp3) is 0.250. The van der Waals surface area contributed by atoms with E-state index in [-0.39, 0.29) is 36.7 Å². The highest BCUT2D eigenvalue weighted by Gasteiger charge is 2.28. The molecule has 1 aliphatic rings. The summed E-state index contributed by atoms with van der Waals surface area (Å²) in [6, 6.07) is 14.7. The van der Waals surface area contributed by atoms with Gasteiger partial charge in [0.05, 0.1) is 6.54 Å². The Morgan fingerprint density at radius 3 is 2.26 bits per heavy atom. The van der Waals surface area contributed by atoms with E-state index in [9.17, 15) is 14.4 Å². The minimum absolute atomic E-state index is 0. The molecular formula is C20H22ClN3O3. The molecule has 0 unspecified atom stereocenters. The number of carbonyl (C=O) groups is 3. The fourth-order valence-electron chi connectivity index (χ4n) is 2.91. The Bertz CT molecular complexity index is 821. The van der Waals surface area contributed by atoms with Crippen molar-refractivity contribution in [1.29, 1.82) is 0 Å². The van der Waals surface area contributed by atoms with Crippen LogP contribution in [-0.4, -0.2) is 22.6 Å². The zero-order valence-corrected chi connectivity index (χ0v) is 15.6. The molecule has 3 N–H and O–H groups in total. The largest absolute Gasteiger partial charge is 0.399 e. The molecule has 1 fully saturated rings. The van der Waals surface area contributed by atoms with Gasteiger partial charge in [-0.15, -0.1) is 12.4 Å². The molecule has 7 heteroatoms. The molecule has 3 rings (SSSR count). The Morgan fingerprint density at radius 1 is 1.00 bits per heavy atom. The number of carbonyl (C=O) groups excluding carboxylic acids is 3. The lowest BCUT2D eigenvalue weighted by atomic mass is 10.1. The van der Waals surface area contributed by atoms with Gasteiger partial charge in [-0.2, -0.15) is 0 Å². The van der Waals surface area contributed by atoms with Crippen LogP contribution in [-0.2, 0) is 27.3 Å². The van der Waals surface area contributed by atoms with E-state index in [4.69, 9.17) is 5.73 Å². The predicted octanol–water partition coefficient (Wildman–Crippen LogP) is 2.91. The lowest BCUT2D eigenvalue weighted by molar-refractivity contribution is -0.139. The number of para-hydroxylation sites is 1. The summed E-state index contributed by atoms with van der Waals surface area (Å²) < 4.78 is 0. The Morgan fingerprint density at radius 2 is 1.63 bits per heavy atom. The summed E-state index contributed by atoms with van der Waals surface area (Å²) in [7, 11) is 0. The average Bonchev–Trinajstić information content (AvgIpc) is 2.94. The first-order valence-electron chi connectivity index (χ1n) is 8.58. The fourth-order valence-corrected chi connectivity index (χ4v) is 2.91. The quantitative estimate of drug-likeness (QED) is 0.588. The summed E-state index contributed by atoms with van der Waals surface area (Å²) in [6.45, 7) is 0.277. The third kappa shape index (κ3) is 5.31. The van der Waals surface area contributed by atoms with Crippen molar-refractivity contribution in [2.75, 3.05) is 11.1 Å². The minimum Gasteiger partial charge on any atom is -0.399 e. The van der Waals surface area contributed by atoms with Crippen molar-refractivity contribution < 1.29 is 14.4 Å². The molecule has 1 aliphatic heterocycles. The maximum absolute atomic E-state index is 12.1. The van der Waals surface area contributed by atoms with Crippen molar-refractivity contribution in [2.24, 2.45) is 0 Å². The molecule has 0 aromatic heterocycles. The van der Waals surface area contributed by atoms with Crippen molar-refractivity contribution in [3.05, 3.63) is 59.7 Å². The molecule has 0 radical (unpaired) electrons. The Hall–Kier alpha value is -2.86. The number of likely N-dealkylation sites (tertiary alicyclic amines) is 1. The number of amides is 3. The van der Waals surface area contributed by atoms with Crippen molar-refractivity contribution in [3.8, 4) is 0 Å². The van der Waals surface area contributed by atoms with E-state index in [2.05, 4.69) is 5.32 Å². The van der Waals surface area contributed by atoms with Gasteiger partial charge >= 0.3 is 0 Å². The summed E-state index contributed by atoms with van der Waals surface area (Å²) in [5, 5.41) is 2.84. The van der Waals surface area contributed by atoms with Crippen molar-refractivity contribution in [3.63, 3.8) is 0 Å². The SMILES string of the molecule is Cl.Nc1ccccc1CCC(=O)Nc1ccc(CN2C(=O)CCC2=O)cc1. The van der Waals surface area contributed by atoms with Crippen LogP contribution in [0.15, 0.2) is 48.5 Å². The first-order valence-corrected chi connectivity index (χ1v) is 8.58. The third-order valence-corrected chi connectivity index (χ3v) is 4.41. The van der Waals surface area contributed by atoms with Crippen LogP contribution in [0.1, 0.15) is 30.4 Å². The lowest BCUT2D eigenvalue weighted by Crippen LogP contribution is -2.28. The highest BCUT2D eigenvalue weighted by Crippen LogP contribution is 2.18. The van der Waals surface area contributed by atoms with Gasteiger partial charge in [-0.25, -0.2) is 0 Å². The molecule has 27 heavy (non-hydrogen) atoms. The van der Waals surface area contributed by atoms with E-state index < -0.39 is 0 Å². The van der Waals surface area contributed by atoms with Gasteiger partial charge in [0.2, 0.25) is 17.7 Å². The highest BCUT2D eigenvalue weighted by atomic mass is 35.5. The van der Waals surface area contributed by atoms with Crippen molar-refractivity contribution >= 4 is 41.5 Å². The molecule has 1 saturated heterocycles. The molecule has 2 aromatic rings. The number of imide groups is 1. The second-order valence-electron chi connectivity index (χ2n) is 6.32. The molecule has 3 amide bonds. The molecule has 2 aromatic carbocycles. The Labute approximate surface area is 164 Å². The van der Waals surface area contributed by atoms with E-state index in [0.29, 0.717) is 37.1 Å². The molecule has 0 saturated carbocycles. The Kier molecular flexibility index (Phi) is 6.96. The molecule has 0 spiro atoms. The monoisotopic (exact) mass is 387 g/mol. The third-order valence-electron chi connectivity index (χ3n) is 4.41. The molecule has 6 nitrogen and oxygen atoms in total. The van der Waals surface area contributed by atoms with E-state index in [1.807, 2.05) is 36.4 Å². The standard InChI is InChI=1S/C20H21N3O3.ClH/c21-17-4-2-1-3-15(17)7-10-18(24)22-16-8-5-14(6-9-16)13-23-19(25)11-12-20(23)26;/h1-6,8-9H,7,10-13,21H2,(H,22,24);1H. The maximum Gasteiger partial charge on any atom is 0.229 e. The smallest absolute Gasteiger partial charge is 0.229 e. The van der Waals surface area contributed by atoms with Crippen LogP contribution < -0.4 is 11.1 Å². The topological polar surface area (TPSA) is 92.5 Å². The number of benzene rings is 2. The van der Waals surface area contributed by atoms with Gasteiger partial charge in [0.25, 0.3) is 0 Å². The van der Waals surface area contributed by atoms with Gasteiger partial charge in [0.1, 0.15) is 0 Å². The minimum atomic E-state index is -0.132. The maximum atomic E-state index is 12.1. The molecular weight excluding hydrogens is 366 g/mol. The van der Waals surface area contributed by atoms with Crippen molar-refractivity contribution in [1.82, 2.24) is 4.90 Å². The number of nitrogens with zero attached hydrogens (tertiary/aromatic N) is 1. The first-order chi connectivity index (χ1) is 12.5. The summed E-state index contributed by atoms with van der Waals surface area (Å²) in [4.78, 5) is 36.7. The summed E-state index contributed by atoms with van der Waals surface area (Å²) >= 11 is 0. The zero-order chi connectivity index (χ0) is 18.5. The van der Waals surface area contributed by atoms with Gasteiger partial charge in [-0.3, -0.25) is 19.3 Å². The second-order valence-corrected chi connectivity index (χ2v) is 6.32. The van der Waals surface area contributed by atoms with Gasteiger partial charge in [-0.05, 0) is 35.7 Å². The van der Waals surface area contributed by atoms with E-state index in [1.165, 1.54) is 4.90 Å². The normalized spacial score (nSPS) is 13.4. The second kappa shape index (κ2) is 9.19. The van der Waals surface area contributed by atoms with Gasteiger partial charge < -0.3 is 11.1 Å². The number of rotatable bonds is 6. The van der Waals surface area contributed by atoms with Crippen LogP contribution in [0.3, 0.4) is 0 Å². The summed E-state index contributed by atoms with van der Waals surface area (Å²) in [6.07, 6.45) is 1.50. The number of hydrogen-bond acceptors (Lipinski definition) is 4. The highest BCUT2D eigenvalue weighted by molar-refractivity contribution is 6.01. The summed E-state index contributed by atoms with van der Waals surface area (Å²) in [5.41, 5.74) is 9.06. The number of halogens is 1. The van der Waals surface area contributed by atoms with Crippen LogP contribution in [0.5, 0.6) is 0 Å². The number of hydrogen-bond donors (Lipinski definition) is 2. The van der Waals surface area contributed by atoms with E-state index in [0.717, 1.165) is 11.1 Å². The lowest BCUT2D eigenvalue weighted by Gasteiger charge is -2.14. The summed E-state index contributed by atoms with van der Waals surface area (Å²) in [5.74, 6) is -0.356. The average molecular weight is 388 g/mol. The van der Waals surface area contributed by atoms with Gasteiger partial charge in [0, 0.05) is 30.6 Å². The predicted molar refractivity (Wildman–Crippen MR) is 106 cm³/mol. The molecule has 0 atom stereocenters. The van der Waals surface area contributed by atoms with E-state index in [1.54, 1.807) is 12.1 Å². The van der Waals surface area contributed by atoms with Crippen LogP contribution in [0, 0.1) is 0 Å². The number of anilines is 2. The molecule has 1 heterocycles. The molecule has 142 valence electrons. The van der Waals surface area contributed by atoms with Crippen LogP contribution in [0.2, 0.25) is 0 Å². The molecule has 0 bridgehead atoms. The number of aryl methyl sites for hydroxylation is 1. The van der Waals surface area contributed by atoms with Gasteiger partial charge in [-0.1, -0.05) is 30.3 Å².